The molecule has 0 aliphatic rings. The minimum atomic E-state index is -0.125. The third-order valence-corrected chi connectivity index (χ3v) is 3.42. The lowest BCUT2D eigenvalue weighted by molar-refractivity contribution is -0.140. The van der Waals surface area contributed by atoms with E-state index in [9.17, 15) is 4.79 Å². The van der Waals surface area contributed by atoms with Crippen LogP contribution in [0.4, 0.5) is 0 Å². The summed E-state index contributed by atoms with van der Waals surface area (Å²) in [6.45, 7) is 5.91. The second-order valence-electron chi connectivity index (χ2n) is 4.99. The Hall–Kier alpha value is -1.10. The Kier molecular flexibility index (Phi) is 9.87. The predicted molar refractivity (Wildman–Crippen MR) is 89.1 cm³/mol. The lowest BCUT2D eigenvalue weighted by atomic mass is 10.1. The Morgan fingerprint density at radius 2 is 1.77 bits per heavy atom. The molecule has 4 nitrogen and oxygen atoms in total. The largest absolute Gasteiger partial charge is 0.356 e. The number of benzene rings is 1. The fourth-order valence-electron chi connectivity index (χ4n) is 2.10. The van der Waals surface area contributed by atoms with Gasteiger partial charge in [-0.05, 0) is 50.8 Å². The van der Waals surface area contributed by atoms with E-state index in [1.54, 1.807) is 12.1 Å². The van der Waals surface area contributed by atoms with Crippen LogP contribution in [0.2, 0.25) is 5.02 Å². The van der Waals surface area contributed by atoms with Crippen molar-refractivity contribution < 1.29 is 14.3 Å². The highest BCUT2D eigenvalue weighted by Crippen LogP contribution is 2.10. The Morgan fingerprint density at radius 1 is 1.14 bits per heavy atom. The number of ether oxygens (including phenoxy) is 2. The highest BCUT2D eigenvalue weighted by Gasteiger charge is 2.07. The van der Waals surface area contributed by atoms with Crippen molar-refractivity contribution in [2.24, 2.45) is 0 Å². The van der Waals surface area contributed by atoms with E-state index < -0.39 is 0 Å². The number of hydrogen-bond donors (Lipinski definition) is 1. The van der Waals surface area contributed by atoms with Gasteiger partial charge in [-0.2, -0.15) is 0 Å². The van der Waals surface area contributed by atoms with Gasteiger partial charge < -0.3 is 14.8 Å². The summed E-state index contributed by atoms with van der Waals surface area (Å²) in [5, 5.41) is 3.61. The fraction of sp³-hybridized carbons (Fsp3) is 0.588. The smallest absolute Gasteiger partial charge is 0.224 e. The number of hydrogen-bond acceptors (Lipinski definition) is 3. The maximum absolute atomic E-state index is 11.8. The second kappa shape index (κ2) is 11.5. The zero-order chi connectivity index (χ0) is 16.2. The first-order chi connectivity index (χ1) is 10.7. The summed E-state index contributed by atoms with van der Waals surface area (Å²) in [6.07, 6.45) is 3.00. The summed E-state index contributed by atoms with van der Waals surface area (Å²) in [5.41, 5.74) is 0.967. The molecule has 124 valence electrons. The van der Waals surface area contributed by atoms with Crippen molar-refractivity contribution in [3.63, 3.8) is 0 Å². The van der Waals surface area contributed by atoms with E-state index in [-0.39, 0.29) is 12.2 Å². The fourth-order valence-corrected chi connectivity index (χ4v) is 2.23. The molecule has 1 amide bonds. The van der Waals surface area contributed by atoms with E-state index in [1.807, 2.05) is 26.0 Å². The lowest BCUT2D eigenvalue weighted by Gasteiger charge is -2.16. The molecule has 0 atom stereocenters. The molecule has 0 aliphatic heterocycles. The van der Waals surface area contributed by atoms with Gasteiger partial charge in [-0.3, -0.25) is 4.79 Å². The normalized spacial score (nSPS) is 10.9. The molecule has 0 spiro atoms. The summed E-state index contributed by atoms with van der Waals surface area (Å²) >= 11 is 5.82. The molecule has 0 bridgehead atoms. The van der Waals surface area contributed by atoms with Crippen molar-refractivity contribution in [1.29, 1.82) is 0 Å². The molecule has 1 aromatic carbocycles. The number of carbonyl (C=O) groups excluding carboxylic acids is 1. The number of amides is 1. The minimum Gasteiger partial charge on any atom is -0.356 e. The number of unbranched alkanes of at least 4 members (excludes halogenated alkanes) is 1. The van der Waals surface area contributed by atoms with Gasteiger partial charge in [0.15, 0.2) is 6.29 Å². The first kappa shape index (κ1) is 18.9. The van der Waals surface area contributed by atoms with Crippen LogP contribution in [0.1, 0.15) is 38.7 Å². The molecule has 0 unspecified atom stereocenters. The molecule has 0 saturated heterocycles. The van der Waals surface area contributed by atoms with E-state index in [4.69, 9.17) is 21.1 Å². The van der Waals surface area contributed by atoms with E-state index in [0.29, 0.717) is 31.2 Å². The third kappa shape index (κ3) is 8.37. The van der Waals surface area contributed by atoms with Crippen molar-refractivity contribution in [3.8, 4) is 0 Å². The Bertz CT molecular complexity index is 416. The predicted octanol–water partition coefficient (Wildman–Crippen LogP) is 3.57. The first-order valence-corrected chi connectivity index (χ1v) is 8.27. The SMILES string of the molecule is CCOC(CCCCNC(=O)Cc1ccc(Cl)cc1)OCC. The summed E-state index contributed by atoms with van der Waals surface area (Å²) in [5.74, 6) is 0.0356. The molecule has 1 aromatic rings. The first-order valence-electron chi connectivity index (χ1n) is 7.90. The van der Waals surface area contributed by atoms with Crippen LogP contribution in [0.25, 0.3) is 0 Å². The van der Waals surface area contributed by atoms with Gasteiger partial charge in [0.1, 0.15) is 0 Å². The summed E-state index contributed by atoms with van der Waals surface area (Å²) < 4.78 is 11.0. The second-order valence-corrected chi connectivity index (χ2v) is 5.43. The number of halogens is 1. The molecule has 22 heavy (non-hydrogen) atoms. The van der Waals surface area contributed by atoms with Gasteiger partial charge in [0.2, 0.25) is 5.91 Å². The molecular weight excluding hydrogens is 302 g/mol. The maximum Gasteiger partial charge on any atom is 0.224 e. The Morgan fingerprint density at radius 3 is 2.36 bits per heavy atom. The van der Waals surface area contributed by atoms with Gasteiger partial charge in [-0.1, -0.05) is 23.7 Å². The Labute approximate surface area is 138 Å². The van der Waals surface area contributed by atoms with Crippen molar-refractivity contribution in [2.75, 3.05) is 19.8 Å². The van der Waals surface area contributed by atoms with Crippen LogP contribution >= 0.6 is 11.6 Å². The molecule has 0 fully saturated rings. The zero-order valence-electron chi connectivity index (χ0n) is 13.4. The van der Waals surface area contributed by atoms with Gasteiger partial charge in [-0.25, -0.2) is 0 Å². The van der Waals surface area contributed by atoms with Crippen LogP contribution in [0, 0.1) is 0 Å². The topological polar surface area (TPSA) is 47.6 Å². The van der Waals surface area contributed by atoms with Crippen molar-refractivity contribution in [3.05, 3.63) is 34.9 Å². The molecule has 0 aliphatic carbocycles. The van der Waals surface area contributed by atoms with Gasteiger partial charge in [-0.15, -0.1) is 0 Å². The highest BCUT2D eigenvalue weighted by atomic mass is 35.5. The van der Waals surface area contributed by atoms with E-state index in [2.05, 4.69) is 5.32 Å². The van der Waals surface area contributed by atoms with Crippen LogP contribution < -0.4 is 5.32 Å². The standard InChI is InChI=1S/C17H26ClNO3/c1-3-21-17(22-4-2)7-5-6-12-19-16(20)13-14-8-10-15(18)11-9-14/h8-11,17H,3-7,12-13H2,1-2H3,(H,19,20). The van der Waals surface area contributed by atoms with Gasteiger partial charge in [0.05, 0.1) is 6.42 Å². The van der Waals surface area contributed by atoms with Crippen molar-refractivity contribution in [1.82, 2.24) is 5.32 Å². The van der Waals surface area contributed by atoms with Crippen molar-refractivity contribution in [2.45, 2.75) is 45.8 Å². The third-order valence-electron chi connectivity index (χ3n) is 3.17. The molecule has 0 radical (unpaired) electrons. The number of carbonyl (C=O) groups is 1. The number of rotatable bonds is 11. The van der Waals surface area contributed by atoms with Gasteiger partial charge in [0.25, 0.3) is 0 Å². The molecule has 5 heteroatoms. The molecule has 0 heterocycles. The molecule has 1 N–H and O–H groups in total. The van der Waals surface area contributed by atoms with E-state index in [1.165, 1.54) is 0 Å². The van der Waals surface area contributed by atoms with E-state index >= 15 is 0 Å². The highest BCUT2D eigenvalue weighted by molar-refractivity contribution is 6.30. The maximum atomic E-state index is 11.8. The average Bonchev–Trinajstić information content (AvgIpc) is 2.49. The van der Waals surface area contributed by atoms with Crippen LogP contribution in [-0.2, 0) is 20.7 Å². The van der Waals surface area contributed by atoms with E-state index in [0.717, 1.165) is 24.8 Å². The monoisotopic (exact) mass is 327 g/mol. The van der Waals surface area contributed by atoms with Crippen LogP contribution in [0.5, 0.6) is 0 Å². The van der Waals surface area contributed by atoms with Crippen molar-refractivity contribution >= 4 is 17.5 Å². The summed E-state index contributed by atoms with van der Waals surface area (Å²) in [4.78, 5) is 11.8. The van der Waals surface area contributed by atoms with Gasteiger partial charge in [0, 0.05) is 24.8 Å². The van der Waals surface area contributed by atoms with Crippen LogP contribution in [-0.4, -0.2) is 32.0 Å². The molecule has 0 saturated carbocycles. The summed E-state index contributed by atoms with van der Waals surface area (Å²) in [7, 11) is 0. The molecule has 0 aromatic heterocycles. The minimum absolute atomic E-state index is 0.0356. The molecule has 1 rings (SSSR count). The summed E-state index contributed by atoms with van der Waals surface area (Å²) in [6, 6.07) is 7.34. The quantitative estimate of drug-likeness (QED) is 0.499. The lowest BCUT2D eigenvalue weighted by Crippen LogP contribution is -2.26. The Balaban J connectivity index is 2.13. The average molecular weight is 328 g/mol. The van der Waals surface area contributed by atoms with Crippen LogP contribution in [0.15, 0.2) is 24.3 Å². The van der Waals surface area contributed by atoms with Gasteiger partial charge >= 0.3 is 0 Å². The number of nitrogens with one attached hydrogen (secondary N) is 1. The van der Waals surface area contributed by atoms with Crippen LogP contribution in [0.3, 0.4) is 0 Å². The molecular formula is C17H26ClNO3. The zero-order valence-corrected chi connectivity index (χ0v) is 14.2.